The molecular formula is C13H12ClN3O. The number of hydrogen-bond acceptors (Lipinski definition) is 3. The zero-order valence-corrected chi connectivity index (χ0v) is 10.3. The summed E-state index contributed by atoms with van der Waals surface area (Å²) in [7, 11) is 0. The van der Waals surface area contributed by atoms with E-state index in [0.29, 0.717) is 17.8 Å². The van der Waals surface area contributed by atoms with Gasteiger partial charge in [0.1, 0.15) is 0 Å². The standard InChI is InChI=1S/C13H12ClN3O/c14-12-10(4-1-5-11(12)15)13(18)17-8-9-3-2-6-16-7-9/h1-7H,8,15H2,(H,17,18). The highest BCUT2D eigenvalue weighted by molar-refractivity contribution is 6.36. The zero-order valence-electron chi connectivity index (χ0n) is 9.56. The molecule has 0 spiro atoms. The van der Waals surface area contributed by atoms with E-state index in [1.54, 1.807) is 30.6 Å². The van der Waals surface area contributed by atoms with Gasteiger partial charge < -0.3 is 11.1 Å². The van der Waals surface area contributed by atoms with Gasteiger partial charge in [-0.25, -0.2) is 0 Å². The molecule has 1 heterocycles. The van der Waals surface area contributed by atoms with Crippen molar-refractivity contribution < 1.29 is 4.79 Å². The molecule has 1 aromatic carbocycles. The lowest BCUT2D eigenvalue weighted by Crippen LogP contribution is -2.23. The minimum atomic E-state index is -0.254. The molecule has 0 unspecified atom stereocenters. The summed E-state index contributed by atoms with van der Waals surface area (Å²) in [6, 6.07) is 8.68. The summed E-state index contributed by atoms with van der Waals surface area (Å²) in [5.74, 6) is -0.254. The summed E-state index contributed by atoms with van der Waals surface area (Å²) in [6.07, 6.45) is 3.38. The Hall–Kier alpha value is -2.07. The van der Waals surface area contributed by atoms with Crippen molar-refractivity contribution in [3.05, 3.63) is 58.9 Å². The summed E-state index contributed by atoms with van der Waals surface area (Å²) in [4.78, 5) is 15.9. The monoisotopic (exact) mass is 261 g/mol. The third-order valence-electron chi connectivity index (χ3n) is 2.45. The normalized spacial score (nSPS) is 10.1. The van der Waals surface area contributed by atoms with Crippen molar-refractivity contribution in [2.45, 2.75) is 6.54 Å². The molecule has 0 bridgehead atoms. The number of nitrogens with two attached hydrogens (primary N) is 1. The van der Waals surface area contributed by atoms with Crippen LogP contribution in [0.1, 0.15) is 15.9 Å². The maximum absolute atomic E-state index is 11.9. The van der Waals surface area contributed by atoms with Gasteiger partial charge in [0, 0.05) is 18.9 Å². The molecule has 3 N–H and O–H groups in total. The van der Waals surface area contributed by atoms with Gasteiger partial charge in [0.05, 0.1) is 16.3 Å². The van der Waals surface area contributed by atoms with E-state index in [-0.39, 0.29) is 10.9 Å². The van der Waals surface area contributed by atoms with Crippen LogP contribution < -0.4 is 11.1 Å². The number of carbonyl (C=O) groups is 1. The summed E-state index contributed by atoms with van der Waals surface area (Å²) in [5.41, 5.74) is 7.34. The number of carbonyl (C=O) groups excluding carboxylic acids is 1. The molecule has 0 atom stereocenters. The van der Waals surface area contributed by atoms with Gasteiger partial charge in [-0.1, -0.05) is 23.7 Å². The van der Waals surface area contributed by atoms with Gasteiger partial charge >= 0.3 is 0 Å². The number of benzene rings is 1. The molecule has 1 amide bonds. The van der Waals surface area contributed by atoms with Gasteiger partial charge in [-0.15, -0.1) is 0 Å². The van der Waals surface area contributed by atoms with E-state index in [1.165, 1.54) is 0 Å². The molecule has 2 rings (SSSR count). The van der Waals surface area contributed by atoms with E-state index >= 15 is 0 Å². The van der Waals surface area contributed by atoms with E-state index in [2.05, 4.69) is 10.3 Å². The van der Waals surface area contributed by atoms with Gasteiger partial charge in [0.25, 0.3) is 5.91 Å². The molecule has 0 saturated carbocycles. The summed E-state index contributed by atoms with van der Waals surface area (Å²) in [5, 5.41) is 3.04. The van der Waals surface area contributed by atoms with Crippen molar-refractivity contribution in [3.63, 3.8) is 0 Å². The molecule has 2 aromatic rings. The smallest absolute Gasteiger partial charge is 0.253 e. The van der Waals surface area contributed by atoms with Crippen LogP contribution in [0, 0.1) is 0 Å². The van der Waals surface area contributed by atoms with Crippen LogP contribution in [0.4, 0.5) is 5.69 Å². The van der Waals surface area contributed by atoms with E-state index in [4.69, 9.17) is 17.3 Å². The van der Waals surface area contributed by atoms with Crippen molar-refractivity contribution in [2.75, 3.05) is 5.73 Å². The summed E-state index contributed by atoms with van der Waals surface area (Å²) >= 11 is 5.97. The second-order valence-electron chi connectivity index (χ2n) is 3.75. The number of halogens is 1. The fourth-order valence-electron chi connectivity index (χ4n) is 1.51. The van der Waals surface area contributed by atoms with Crippen molar-refractivity contribution in [2.24, 2.45) is 0 Å². The van der Waals surface area contributed by atoms with E-state index in [1.807, 2.05) is 12.1 Å². The highest BCUT2D eigenvalue weighted by Gasteiger charge is 2.11. The third-order valence-corrected chi connectivity index (χ3v) is 2.87. The third kappa shape index (κ3) is 2.78. The Labute approximate surface area is 110 Å². The quantitative estimate of drug-likeness (QED) is 0.833. The largest absolute Gasteiger partial charge is 0.398 e. The lowest BCUT2D eigenvalue weighted by Gasteiger charge is -2.07. The van der Waals surface area contributed by atoms with Crippen LogP contribution in [0.3, 0.4) is 0 Å². The van der Waals surface area contributed by atoms with Crippen molar-refractivity contribution in [1.29, 1.82) is 0 Å². The molecule has 18 heavy (non-hydrogen) atoms. The second-order valence-corrected chi connectivity index (χ2v) is 4.13. The topological polar surface area (TPSA) is 68.0 Å². The number of nitrogen functional groups attached to an aromatic ring is 1. The summed E-state index contributed by atoms with van der Waals surface area (Å²) in [6.45, 7) is 0.401. The number of hydrogen-bond donors (Lipinski definition) is 2. The molecule has 5 heteroatoms. The Kier molecular flexibility index (Phi) is 3.79. The molecular weight excluding hydrogens is 250 g/mol. The van der Waals surface area contributed by atoms with Crippen LogP contribution in [-0.2, 0) is 6.54 Å². The first-order chi connectivity index (χ1) is 8.68. The number of nitrogens with zero attached hydrogens (tertiary/aromatic N) is 1. The Morgan fingerprint density at radius 3 is 2.89 bits per heavy atom. The average molecular weight is 262 g/mol. The van der Waals surface area contributed by atoms with Gasteiger partial charge in [-0.3, -0.25) is 9.78 Å². The Balaban J connectivity index is 2.07. The molecule has 1 aromatic heterocycles. The fraction of sp³-hybridized carbons (Fsp3) is 0.0769. The Morgan fingerprint density at radius 2 is 2.17 bits per heavy atom. The average Bonchev–Trinajstić information content (AvgIpc) is 2.40. The molecule has 4 nitrogen and oxygen atoms in total. The molecule has 0 aliphatic carbocycles. The maximum Gasteiger partial charge on any atom is 0.253 e. The molecule has 0 aliphatic heterocycles. The first kappa shape index (κ1) is 12.4. The van der Waals surface area contributed by atoms with E-state index in [0.717, 1.165) is 5.56 Å². The zero-order chi connectivity index (χ0) is 13.0. The van der Waals surface area contributed by atoms with Gasteiger partial charge in [0.15, 0.2) is 0 Å². The van der Waals surface area contributed by atoms with Crippen LogP contribution in [-0.4, -0.2) is 10.9 Å². The maximum atomic E-state index is 11.9. The number of pyridine rings is 1. The number of rotatable bonds is 3. The summed E-state index contributed by atoms with van der Waals surface area (Å²) < 4.78 is 0. The van der Waals surface area contributed by atoms with E-state index < -0.39 is 0 Å². The van der Waals surface area contributed by atoms with Crippen LogP contribution in [0.25, 0.3) is 0 Å². The van der Waals surface area contributed by atoms with Gasteiger partial charge in [-0.2, -0.15) is 0 Å². The minimum Gasteiger partial charge on any atom is -0.398 e. The number of anilines is 1. The Morgan fingerprint density at radius 1 is 1.33 bits per heavy atom. The minimum absolute atomic E-state index is 0.254. The van der Waals surface area contributed by atoms with Crippen molar-refractivity contribution in [1.82, 2.24) is 10.3 Å². The van der Waals surface area contributed by atoms with Gasteiger partial charge in [-0.05, 0) is 23.8 Å². The molecule has 0 saturated heterocycles. The lowest BCUT2D eigenvalue weighted by molar-refractivity contribution is 0.0951. The van der Waals surface area contributed by atoms with Crippen LogP contribution in [0.15, 0.2) is 42.7 Å². The highest BCUT2D eigenvalue weighted by atomic mass is 35.5. The molecule has 0 radical (unpaired) electrons. The van der Waals surface area contributed by atoms with Gasteiger partial charge in [0.2, 0.25) is 0 Å². The predicted molar refractivity (Wildman–Crippen MR) is 71.3 cm³/mol. The van der Waals surface area contributed by atoms with Crippen LogP contribution in [0.2, 0.25) is 5.02 Å². The molecule has 0 aliphatic rings. The van der Waals surface area contributed by atoms with E-state index in [9.17, 15) is 4.79 Å². The van der Waals surface area contributed by atoms with Crippen molar-refractivity contribution >= 4 is 23.2 Å². The van der Waals surface area contributed by atoms with Crippen LogP contribution >= 0.6 is 11.6 Å². The fourth-order valence-corrected chi connectivity index (χ4v) is 1.72. The predicted octanol–water partition coefficient (Wildman–Crippen LogP) is 2.25. The number of aromatic nitrogens is 1. The SMILES string of the molecule is Nc1cccc(C(=O)NCc2cccnc2)c1Cl. The molecule has 0 fully saturated rings. The first-order valence-corrected chi connectivity index (χ1v) is 5.77. The van der Waals surface area contributed by atoms with Crippen LogP contribution in [0.5, 0.6) is 0 Å². The Bertz CT molecular complexity index is 557. The highest BCUT2D eigenvalue weighted by Crippen LogP contribution is 2.22. The number of amides is 1. The molecule has 92 valence electrons. The second kappa shape index (κ2) is 5.51. The van der Waals surface area contributed by atoms with Crippen molar-refractivity contribution in [3.8, 4) is 0 Å². The number of nitrogens with one attached hydrogen (secondary N) is 1. The first-order valence-electron chi connectivity index (χ1n) is 5.39. The lowest BCUT2D eigenvalue weighted by atomic mass is 10.2.